The first-order valence-corrected chi connectivity index (χ1v) is 4.40. The van der Waals surface area contributed by atoms with E-state index in [1.165, 1.54) is 0 Å². The number of morpholine rings is 1. The third-order valence-electron chi connectivity index (χ3n) is 2.30. The summed E-state index contributed by atoms with van der Waals surface area (Å²) in [5.41, 5.74) is 0.145. The highest BCUT2D eigenvalue weighted by Crippen LogP contribution is 2.22. The predicted octanol–water partition coefficient (Wildman–Crippen LogP) is 1.41. The third kappa shape index (κ3) is 1.94. The number of rotatable bonds is 1. The zero-order valence-corrected chi connectivity index (χ0v) is 7.98. The normalized spacial score (nSPS) is 30.8. The van der Waals surface area contributed by atoms with Crippen LogP contribution >= 0.6 is 0 Å². The van der Waals surface area contributed by atoms with Crippen LogP contribution in [0.25, 0.3) is 0 Å². The molecule has 0 bridgehead atoms. The molecule has 11 heavy (non-hydrogen) atoms. The molecule has 0 amide bonds. The Kier molecular flexibility index (Phi) is 2.55. The largest absolute Gasteiger partial charge is 0.375 e. The maximum Gasteiger partial charge on any atom is 0.0774 e. The summed E-state index contributed by atoms with van der Waals surface area (Å²) < 4.78 is 5.69. The van der Waals surface area contributed by atoms with Crippen molar-refractivity contribution in [3.05, 3.63) is 0 Å². The van der Waals surface area contributed by atoms with E-state index < -0.39 is 0 Å². The molecule has 1 rings (SSSR count). The lowest BCUT2D eigenvalue weighted by Crippen LogP contribution is -2.58. The summed E-state index contributed by atoms with van der Waals surface area (Å²) in [5.74, 6) is 0.595. The minimum Gasteiger partial charge on any atom is -0.375 e. The van der Waals surface area contributed by atoms with Crippen LogP contribution in [0.3, 0.4) is 0 Å². The number of ether oxygens (including phenoxy) is 1. The molecule has 0 aromatic rings. The Bertz CT molecular complexity index is 132. The lowest BCUT2D eigenvalue weighted by molar-refractivity contribution is -0.0618. The van der Waals surface area contributed by atoms with Crippen molar-refractivity contribution in [3.8, 4) is 0 Å². The molecule has 0 aromatic heterocycles. The summed E-state index contributed by atoms with van der Waals surface area (Å²) >= 11 is 0. The maximum atomic E-state index is 5.69. The molecule has 66 valence electrons. The average Bonchev–Trinajstić information content (AvgIpc) is 1.85. The van der Waals surface area contributed by atoms with Gasteiger partial charge in [-0.15, -0.1) is 0 Å². The second kappa shape index (κ2) is 3.11. The van der Waals surface area contributed by atoms with Crippen LogP contribution in [0.2, 0.25) is 0 Å². The summed E-state index contributed by atoms with van der Waals surface area (Å²) in [6.45, 7) is 10.7. The fourth-order valence-electron chi connectivity index (χ4n) is 1.89. The highest BCUT2D eigenvalue weighted by atomic mass is 16.5. The molecule has 1 aliphatic heterocycles. The van der Waals surface area contributed by atoms with E-state index in [1.54, 1.807) is 0 Å². The van der Waals surface area contributed by atoms with E-state index in [2.05, 4.69) is 33.0 Å². The Labute approximate surface area is 69.3 Å². The number of nitrogens with one attached hydrogen (secondary N) is 1. The van der Waals surface area contributed by atoms with Crippen LogP contribution in [-0.2, 0) is 4.74 Å². The molecular weight excluding hydrogens is 138 g/mol. The number of hydrogen-bond acceptors (Lipinski definition) is 2. The molecule has 2 heteroatoms. The van der Waals surface area contributed by atoms with Gasteiger partial charge in [-0.05, 0) is 19.8 Å². The summed E-state index contributed by atoms with van der Waals surface area (Å²) in [6.07, 6.45) is 0.358. The molecule has 1 fully saturated rings. The van der Waals surface area contributed by atoms with Gasteiger partial charge in [-0.2, -0.15) is 0 Å². The monoisotopic (exact) mass is 157 g/mol. The molecule has 1 N–H and O–H groups in total. The first-order valence-electron chi connectivity index (χ1n) is 4.40. The summed E-state index contributed by atoms with van der Waals surface area (Å²) in [7, 11) is 0. The molecule has 0 aromatic carbocycles. The fraction of sp³-hybridized carbons (Fsp3) is 1.00. The van der Waals surface area contributed by atoms with Crippen molar-refractivity contribution in [2.75, 3.05) is 13.2 Å². The van der Waals surface area contributed by atoms with Gasteiger partial charge in [-0.25, -0.2) is 0 Å². The van der Waals surface area contributed by atoms with E-state index in [-0.39, 0.29) is 5.54 Å². The quantitative estimate of drug-likeness (QED) is 0.621. The van der Waals surface area contributed by atoms with Gasteiger partial charge < -0.3 is 10.1 Å². The van der Waals surface area contributed by atoms with Crippen molar-refractivity contribution >= 4 is 0 Å². The van der Waals surface area contributed by atoms with E-state index in [4.69, 9.17) is 4.74 Å². The van der Waals surface area contributed by atoms with Gasteiger partial charge >= 0.3 is 0 Å². The van der Waals surface area contributed by atoms with Crippen molar-refractivity contribution in [3.63, 3.8) is 0 Å². The second-order valence-electron chi connectivity index (χ2n) is 4.18. The Morgan fingerprint density at radius 1 is 1.45 bits per heavy atom. The second-order valence-corrected chi connectivity index (χ2v) is 4.18. The van der Waals surface area contributed by atoms with Crippen molar-refractivity contribution in [2.24, 2.45) is 5.92 Å². The summed E-state index contributed by atoms with van der Waals surface area (Å²) in [6, 6.07) is 0. The van der Waals surface area contributed by atoms with Gasteiger partial charge in [0.1, 0.15) is 0 Å². The van der Waals surface area contributed by atoms with Gasteiger partial charge in [0.25, 0.3) is 0 Å². The molecule has 1 aliphatic rings. The van der Waals surface area contributed by atoms with Crippen LogP contribution in [0.5, 0.6) is 0 Å². The van der Waals surface area contributed by atoms with Crippen molar-refractivity contribution in [1.29, 1.82) is 0 Å². The molecule has 0 spiro atoms. The van der Waals surface area contributed by atoms with Gasteiger partial charge in [0.05, 0.1) is 12.7 Å². The van der Waals surface area contributed by atoms with Gasteiger partial charge in [0.15, 0.2) is 0 Å². The van der Waals surface area contributed by atoms with E-state index in [0.717, 1.165) is 13.2 Å². The topological polar surface area (TPSA) is 21.3 Å². The van der Waals surface area contributed by atoms with Crippen LogP contribution in [0.15, 0.2) is 0 Å². The highest BCUT2D eigenvalue weighted by molar-refractivity contribution is 4.91. The van der Waals surface area contributed by atoms with Crippen LogP contribution < -0.4 is 5.32 Å². The molecule has 1 atom stereocenters. The fourth-order valence-corrected chi connectivity index (χ4v) is 1.89. The van der Waals surface area contributed by atoms with Crippen molar-refractivity contribution in [1.82, 2.24) is 5.32 Å². The molecule has 0 unspecified atom stereocenters. The molecule has 1 heterocycles. The first-order chi connectivity index (χ1) is 5.04. The zero-order valence-electron chi connectivity index (χ0n) is 7.98. The van der Waals surface area contributed by atoms with E-state index in [9.17, 15) is 0 Å². The lowest BCUT2D eigenvalue weighted by atomic mass is 9.88. The zero-order chi connectivity index (χ0) is 8.48. The molecular formula is C9H19NO. The van der Waals surface area contributed by atoms with Crippen molar-refractivity contribution < 1.29 is 4.74 Å². The molecule has 0 saturated carbocycles. The molecule has 1 saturated heterocycles. The van der Waals surface area contributed by atoms with E-state index in [1.807, 2.05) is 0 Å². The molecule has 0 radical (unpaired) electrons. The Morgan fingerprint density at radius 2 is 2.09 bits per heavy atom. The van der Waals surface area contributed by atoms with Gasteiger partial charge in [-0.3, -0.25) is 0 Å². The maximum absolute atomic E-state index is 5.69. The minimum absolute atomic E-state index is 0.145. The van der Waals surface area contributed by atoms with Crippen LogP contribution in [0.1, 0.15) is 27.7 Å². The van der Waals surface area contributed by atoms with Crippen LogP contribution in [0.4, 0.5) is 0 Å². The first kappa shape index (κ1) is 9.01. The van der Waals surface area contributed by atoms with Crippen LogP contribution in [-0.4, -0.2) is 24.8 Å². The van der Waals surface area contributed by atoms with Crippen LogP contribution in [0, 0.1) is 5.92 Å². The van der Waals surface area contributed by atoms with Gasteiger partial charge in [0, 0.05) is 12.1 Å². The van der Waals surface area contributed by atoms with E-state index in [0.29, 0.717) is 12.0 Å². The SMILES string of the molecule is CC(C)[C@H]1OCCNC1(C)C. The average molecular weight is 157 g/mol. The highest BCUT2D eigenvalue weighted by Gasteiger charge is 2.34. The Morgan fingerprint density at radius 3 is 2.45 bits per heavy atom. The molecule has 2 nitrogen and oxygen atoms in total. The predicted molar refractivity (Wildman–Crippen MR) is 46.7 cm³/mol. The Hall–Kier alpha value is -0.0800. The smallest absolute Gasteiger partial charge is 0.0774 e. The van der Waals surface area contributed by atoms with Crippen molar-refractivity contribution in [2.45, 2.75) is 39.3 Å². The minimum atomic E-state index is 0.145. The standard InChI is InChI=1S/C9H19NO/c1-7(2)8-9(3,4)10-5-6-11-8/h7-8,10H,5-6H2,1-4H3/t8-/m1/s1. The number of hydrogen-bond donors (Lipinski definition) is 1. The van der Waals surface area contributed by atoms with Gasteiger partial charge in [0.2, 0.25) is 0 Å². The summed E-state index contributed by atoms with van der Waals surface area (Å²) in [5, 5.41) is 3.46. The van der Waals surface area contributed by atoms with E-state index >= 15 is 0 Å². The lowest BCUT2D eigenvalue weighted by Gasteiger charge is -2.41. The van der Waals surface area contributed by atoms with Gasteiger partial charge in [-0.1, -0.05) is 13.8 Å². The third-order valence-corrected chi connectivity index (χ3v) is 2.30. The molecule has 0 aliphatic carbocycles. The Balaban J connectivity index is 2.60. The summed E-state index contributed by atoms with van der Waals surface area (Å²) in [4.78, 5) is 0.